The van der Waals surface area contributed by atoms with Crippen molar-refractivity contribution in [1.82, 2.24) is 15.2 Å². The van der Waals surface area contributed by atoms with Crippen LogP contribution in [0.3, 0.4) is 0 Å². The van der Waals surface area contributed by atoms with Gasteiger partial charge < -0.3 is 14.7 Å². The van der Waals surface area contributed by atoms with Crippen molar-refractivity contribution in [3.63, 3.8) is 0 Å². The normalized spacial score (nSPS) is 17.9. The van der Waals surface area contributed by atoms with Crippen LogP contribution in [0.15, 0.2) is 41.0 Å². The van der Waals surface area contributed by atoms with Gasteiger partial charge in [0.1, 0.15) is 5.76 Å². The van der Waals surface area contributed by atoms with E-state index in [4.69, 9.17) is 4.42 Å². The molecular formula is C22H27N3O2. The van der Waals surface area contributed by atoms with E-state index in [0.717, 1.165) is 24.1 Å². The predicted molar refractivity (Wildman–Crippen MR) is 107 cm³/mol. The molecule has 3 aromatic rings. The van der Waals surface area contributed by atoms with E-state index in [0.29, 0.717) is 18.0 Å². The number of nitrogens with zero attached hydrogens (tertiary/aromatic N) is 1. The SMILES string of the molecule is CC1CCc2[nH]c3ccc(C(=O)NCC(c4ccco4)N(C)C)cc3c2C1. The summed E-state index contributed by atoms with van der Waals surface area (Å²) < 4.78 is 5.52. The fourth-order valence-electron chi connectivity index (χ4n) is 4.04. The zero-order valence-corrected chi connectivity index (χ0v) is 16.2. The van der Waals surface area contributed by atoms with Gasteiger partial charge in [-0.25, -0.2) is 0 Å². The maximum Gasteiger partial charge on any atom is 0.251 e. The molecule has 5 heteroatoms. The van der Waals surface area contributed by atoms with Gasteiger partial charge in [0, 0.05) is 28.7 Å². The molecule has 0 saturated heterocycles. The molecule has 1 aromatic carbocycles. The number of nitrogens with one attached hydrogen (secondary N) is 2. The number of furan rings is 1. The highest BCUT2D eigenvalue weighted by atomic mass is 16.3. The van der Waals surface area contributed by atoms with E-state index in [9.17, 15) is 4.79 Å². The van der Waals surface area contributed by atoms with Crippen molar-refractivity contribution >= 4 is 16.8 Å². The van der Waals surface area contributed by atoms with Gasteiger partial charge in [0.05, 0.1) is 12.3 Å². The zero-order valence-electron chi connectivity index (χ0n) is 16.2. The Morgan fingerprint density at radius 1 is 1.37 bits per heavy atom. The second-order valence-electron chi connectivity index (χ2n) is 7.90. The number of hydrogen-bond donors (Lipinski definition) is 2. The van der Waals surface area contributed by atoms with Gasteiger partial charge >= 0.3 is 0 Å². The molecule has 4 rings (SSSR count). The highest BCUT2D eigenvalue weighted by Gasteiger charge is 2.21. The van der Waals surface area contributed by atoms with Gasteiger partial charge in [-0.15, -0.1) is 0 Å². The molecule has 0 aliphatic heterocycles. The summed E-state index contributed by atoms with van der Waals surface area (Å²) in [5.41, 5.74) is 4.57. The van der Waals surface area contributed by atoms with Crippen LogP contribution < -0.4 is 5.32 Å². The molecule has 5 nitrogen and oxygen atoms in total. The number of fused-ring (bicyclic) bond motifs is 3. The molecule has 2 unspecified atom stereocenters. The van der Waals surface area contributed by atoms with Crippen LogP contribution in [0.25, 0.3) is 10.9 Å². The molecule has 2 N–H and O–H groups in total. The standard InChI is InChI=1S/C22H27N3O2/c1-14-6-8-18-16(11-14)17-12-15(7-9-19(17)24-18)22(26)23-13-20(25(2)3)21-5-4-10-27-21/h4-5,7,9-10,12,14,20,24H,6,8,11,13H2,1-3H3,(H,23,26). The summed E-state index contributed by atoms with van der Waals surface area (Å²) in [4.78, 5) is 18.4. The molecule has 27 heavy (non-hydrogen) atoms. The number of carbonyl (C=O) groups is 1. The van der Waals surface area contributed by atoms with Crippen LogP contribution in [-0.2, 0) is 12.8 Å². The fourth-order valence-corrected chi connectivity index (χ4v) is 4.04. The second-order valence-corrected chi connectivity index (χ2v) is 7.90. The van der Waals surface area contributed by atoms with Crippen molar-refractivity contribution < 1.29 is 9.21 Å². The van der Waals surface area contributed by atoms with E-state index in [1.54, 1.807) is 6.26 Å². The highest BCUT2D eigenvalue weighted by molar-refractivity contribution is 5.99. The molecule has 2 heterocycles. The Labute approximate surface area is 159 Å². The summed E-state index contributed by atoms with van der Waals surface area (Å²) in [6.45, 7) is 2.80. The molecule has 0 bridgehead atoms. The van der Waals surface area contributed by atoms with Crippen LogP contribution >= 0.6 is 0 Å². The van der Waals surface area contributed by atoms with Gasteiger partial charge in [-0.1, -0.05) is 6.92 Å². The van der Waals surface area contributed by atoms with E-state index < -0.39 is 0 Å². The number of aromatic amines is 1. The largest absolute Gasteiger partial charge is 0.468 e. The maximum absolute atomic E-state index is 12.8. The van der Waals surface area contributed by atoms with Gasteiger partial charge in [-0.3, -0.25) is 9.69 Å². The van der Waals surface area contributed by atoms with Crippen molar-refractivity contribution in [3.05, 3.63) is 59.2 Å². The van der Waals surface area contributed by atoms with Gasteiger partial charge in [0.25, 0.3) is 5.91 Å². The first-order valence-corrected chi connectivity index (χ1v) is 9.64. The molecule has 0 fully saturated rings. The van der Waals surface area contributed by atoms with Crippen molar-refractivity contribution in [2.45, 2.75) is 32.2 Å². The second kappa shape index (κ2) is 7.24. The van der Waals surface area contributed by atoms with Crippen molar-refractivity contribution in [3.8, 4) is 0 Å². The van der Waals surface area contributed by atoms with Gasteiger partial charge in [0.15, 0.2) is 0 Å². The number of likely N-dealkylation sites (N-methyl/N-ethyl adjacent to an activating group) is 1. The average Bonchev–Trinajstić information content (AvgIpc) is 3.29. The Bertz CT molecular complexity index is 940. The fraction of sp³-hybridized carbons (Fsp3) is 0.409. The number of carbonyl (C=O) groups excluding carboxylic acids is 1. The molecule has 142 valence electrons. The topological polar surface area (TPSA) is 61.3 Å². The van der Waals surface area contributed by atoms with Crippen LogP contribution in [0.5, 0.6) is 0 Å². The van der Waals surface area contributed by atoms with Crippen LogP contribution in [-0.4, -0.2) is 36.4 Å². The smallest absolute Gasteiger partial charge is 0.251 e. The van der Waals surface area contributed by atoms with Crippen LogP contribution in [0.4, 0.5) is 0 Å². The lowest BCUT2D eigenvalue weighted by molar-refractivity contribution is 0.0939. The number of aromatic nitrogens is 1. The first-order chi connectivity index (χ1) is 13.0. The lowest BCUT2D eigenvalue weighted by Crippen LogP contribution is -2.34. The first-order valence-electron chi connectivity index (χ1n) is 9.64. The lowest BCUT2D eigenvalue weighted by Gasteiger charge is -2.22. The minimum atomic E-state index is -0.0471. The lowest BCUT2D eigenvalue weighted by atomic mass is 9.87. The number of benzene rings is 1. The molecule has 1 aliphatic rings. The summed E-state index contributed by atoms with van der Waals surface area (Å²) in [6, 6.07) is 9.79. The Morgan fingerprint density at radius 3 is 2.96 bits per heavy atom. The number of hydrogen-bond acceptors (Lipinski definition) is 3. The molecule has 1 aliphatic carbocycles. The Hall–Kier alpha value is -2.53. The van der Waals surface area contributed by atoms with E-state index in [1.807, 2.05) is 49.3 Å². The zero-order chi connectivity index (χ0) is 19.0. The molecule has 2 atom stereocenters. The summed E-state index contributed by atoms with van der Waals surface area (Å²) in [5.74, 6) is 1.50. The summed E-state index contributed by atoms with van der Waals surface area (Å²) >= 11 is 0. The Morgan fingerprint density at radius 2 is 2.22 bits per heavy atom. The molecular weight excluding hydrogens is 338 g/mol. The first kappa shape index (κ1) is 17.9. The van der Waals surface area contributed by atoms with Crippen molar-refractivity contribution in [1.29, 1.82) is 0 Å². The van der Waals surface area contributed by atoms with E-state index >= 15 is 0 Å². The third-order valence-corrected chi connectivity index (χ3v) is 5.65. The number of amides is 1. The van der Waals surface area contributed by atoms with Crippen LogP contribution in [0.1, 0.15) is 46.8 Å². The molecule has 0 spiro atoms. The van der Waals surface area contributed by atoms with E-state index in [-0.39, 0.29) is 11.9 Å². The average molecular weight is 365 g/mol. The minimum absolute atomic E-state index is 0.00792. The number of aryl methyl sites for hydroxylation is 1. The molecule has 1 amide bonds. The number of H-pyrrole nitrogens is 1. The third kappa shape index (κ3) is 3.52. The van der Waals surface area contributed by atoms with Gasteiger partial charge in [0.2, 0.25) is 0 Å². The minimum Gasteiger partial charge on any atom is -0.468 e. The summed E-state index contributed by atoms with van der Waals surface area (Å²) in [7, 11) is 3.97. The van der Waals surface area contributed by atoms with E-state index in [1.165, 1.54) is 23.1 Å². The highest BCUT2D eigenvalue weighted by Crippen LogP contribution is 2.32. The molecule has 2 aromatic heterocycles. The van der Waals surface area contributed by atoms with Crippen molar-refractivity contribution in [2.75, 3.05) is 20.6 Å². The summed E-state index contributed by atoms with van der Waals surface area (Å²) in [6.07, 6.45) is 5.07. The monoisotopic (exact) mass is 365 g/mol. The van der Waals surface area contributed by atoms with Gasteiger partial charge in [-0.2, -0.15) is 0 Å². The van der Waals surface area contributed by atoms with Crippen LogP contribution in [0.2, 0.25) is 0 Å². The third-order valence-electron chi connectivity index (χ3n) is 5.65. The molecule has 0 radical (unpaired) electrons. The number of rotatable bonds is 5. The van der Waals surface area contributed by atoms with Crippen LogP contribution in [0, 0.1) is 5.92 Å². The van der Waals surface area contributed by atoms with Crippen molar-refractivity contribution in [2.24, 2.45) is 5.92 Å². The van der Waals surface area contributed by atoms with E-state index in [2.05, 4.69) is 17.2 Å². The van der Waals surface area contributed by atoms with Gasteiger partial charge in [-0.05, 0) is 75.2 Å². The predicted octanol–water partition coefficient (Wildman–Crippen LogP) is 3.92. The molecule has 0 saturated carbocycles. The quantitative estimate of drug-likeness (QED) is 0.720. The maximum atomic E-state index is 12.8. The Kier molecular flexibility index (Phi) is 4.79. The Balaban J connectivity index is 1.53. The summed E-state index contributed by atoms with van der Waals surface area (Å²) in [5, 5.41) is 4.26.